The molecule has 0 unspecified atom stereocenters. The lowest BCUT2D eigenvalue weighted by atomic mass is 10.0. The maximum Gasteiger partial charge on any atom is 0.240 e. The number of likely N-dealkylation sites (N-methyl/N-ethyl adjacent to an activating group) is 1. The van der Waals surface area contributed by atoms with E-state index in [1.165, 1.54) is 0 Å². The van der Waals surface area contributed by atoms with Crippen molar-refractivity contribution < 1.29 is 13.2 Å². The zero-order valence-corrected chi connectivity index (χ0v) is 15.4. The predicted molar refractivity (Wildman–Crippen MR) is 94.4 cm³/mol. The van der Waals surface area contributed by atoms with Crippen LogP contribution in [0.1, 0.15) is 31.9 Å². The molecule has 2 N–H and O–H groups in total. The molecule has 1 heterocycles. The molecule has 1 aromatic rings. The molecule has 1 aromatic carbocycles. The maximum absolute atomic E-state index is 12.5. The van der Waals surface area contributed by atoms with Crippen molar-refractivity contribution in [2.45, 2.75) is 44.6 Å². The molecule has 0 fully saturated rings. The van der Waals surface area contributed by atoms with Crippen LogP contribution in [-0.4, -0.2) is 51.4 Å². The van der Waals surface area contributed by atoms with Crippen LogP contribution in [0.2, 0.25) is 0 Å². The van der Waals surface area contributed by atoms with Gasteiger partial charge in [-0.25, -0.2) is 13.1 Å². The third-order valence-electron chi connectivity index (χ3n) is 4.37. The number of hydrogen-bond acceptors (Lipinski definition) is 4. The van der Waals surface area contributed by atoms with Crippen LogP contribution in [0, 0.1) is 0 Å². The Morgan fingerprint density at radius 1 is 1.25 bits per heavy atom. The van der Waals surface area contributed by atoms with Crippen molar-refractivity contribution in [3.05, 3.63) is 29.3 Å². The fourth-order valence-corrected chi connectivity index (χ4v) is 4.10. The Kier molecular flexibility index (Phi) is 6.37. The lowest BCUT2D eigenvalue weighted by Gasteiger charge is -2.17. The topological polar surface area (TPSA) is 78.5 Å². The van der Waals surface area contributed by atoms with Gasteiger partial charge in [0.1, 0.15) is 0 Å². The minimum Gasteiger partial charge on any atom is -0.342 e. The lowest BCUT2D eigenvalue weighted by Crippen LogP contribution is -2.38. The van der Waals surface area contributed by atoms with Gasteiger partial charge in [-0.2, -0.15) is 0 Å². The van der Waals surface area contributed by atoms with Crippen LogP contribution in [0.15, 0.2) is 23.1 Å². The van der Waals surface area contributed by atoms with Crippen molar-refractivity contribution in [1.29, 1.82) is 0 Å². The maximum atomic E-state index is 12.5. The summed E-state index contributed by atoms with van der Waals surface area (Å²) in [6.45, 7) is 7.98. The number of benzene rings is 1. The molecular formula is C17H27N3O3S. The quantitative estimate of drug-likeness (QED) is 0.797. The van der Waals surface area contributed by atoms with Gasteiger partial charge in [0.05, 0.1) is 4.90 Å². The zero-order valence-electron chi connectivity index (χ0n) is 14.6. The summed E-state index contributed by atoms with van der Waals surface area (Å²) >= 11 is 0. The van der Waals surface area contributed by atoms with Crippen LogP contribution in [-0.2, 0) is 27.7 Å². The number of amides is 1. The summed E-state index contributed by atoms with van der Waals surface area (Å²) in [5.74, 6) is 0.0646. The van der Waals surface area contributed by atoms with E-state index in [0.717, 1.165) is 24.1 Å². The molecule has 0 bridgehead atoms. The highest BCUT2D eigenvalue weighted by Gasteiger charge is 2.20. The molecule has 0 saturated heterocycles. The van der Waals surface area contributed by atoms with Gasteiger partial charge < -0.3 is 10.2 Å². The Morgan fingerprint density at radius 3 is 2.54 bits per heavy atom. The molecule has 134 valence electrons. The van der Waals surface area contributed by atoms with Gasteiger partial charge in [0.25, 0.3) is 0 Å². The van der Waals surface area contributed by atoms with E-state index in [9.17, 15) is 13.2 Å². The largest absolute Gasteiger partial charge is 0.342 e. The zero-order chi connectivity index (χ0) is 17.7. The third kappa shape index (κ3) is 4.78. The van der Waals surface area contributed by atoms with E-state index in [1.54, 1.807) is 19.1 Å². The minimum atomic E-state index is -3.52. The molecule has 24 heavy (non-hydrogen) atoms. The summed E-state index contributed by atoms with van der Waals surface area (Å²) in [6, 6.07) is 5.36. The van der Waals surface area contributed by atoms with Crippen molar-refractivity contribution in [2.24, 2.45) is 0 Å². The second-order valence-corrected chi connectivity index (χ2v) is 8.01. The summed E-state index contributed by atoms with van der Waals surface area (Å²) in [7, 11) is -3.52. The van der Waals surface area contributed by atoms with Crippen molar-refractivity contribution in [1.82, 2.24) is 14.9 Å². The van der Waals surface area contributed by atoms with Crippen molar-refractivity contribution in [2.75, 3.05) is 26.2 Å². The fourth-order valence-electron chi connectivity index (χ4n) is 2.92. The van der Waals surface area contributed by atoms with Crippen LogP contribution >= 0.6 is 0 Å². The van der Waals surface area contributed by atoms with E-state index in [2.05, 4.69) is 10.0 Å². The number of nitrogens with one attached hydrogen (secondary N) is 2. The number of rotatable bonds is 6. The molecule has 1 atom stereocenters. The average Bonchev–Trinajstić information content (AvgIpc) is 2.75. The van der Waals surface area contributed by atoms with Crippen LogP contribution in [0.3, 0.4) is 0 Å². The first-order valence-electron chi connectivity index (χ1n) is 8.44. The molecular weight excluding hydrogens is 326 g/mol. The molecule has 1 amide bonds. The normalized spacial score (nSPS) is 16.4. The SMILES string of the molecule is CCN[C@H](C)CNS(=O)(=O)c1ccc2c(c1)CCN(C(C)=O)CC2. The van der Waals surface area contributed by atoms with Gasteiger partial charge in [0.15, 0.2) is 0 Å². The van der Waals surface area contributed by atoms with E-state index in [0.29, 0.717) is 31.0 Å². The first-order chi connectivity index (χ1) is 11.3. The summed E-state index contributed by atoms with van der Waals surface area (Å²) in [5.41, 5.74) is 2.14. The van der Waals surface area contributed by atoms with Gasteiger partial charge in [0, 0.05) is 32.6 Å². The number of nitrogens with zero attached hydrogens (tertiary/aromatic N) is 1. The monoisotopic (exact) mass is 353 g/mol. The molecule has 0 radical (unpaired) electrons. The molecule has 6 nitrogen and oxygen atoms in total. The smallest absolute Gasteiger partial charge is 0.240 e. The summed E-state index contributed by atoms with van der Waals surface area (Å²) in [4.78, 5) is 13.6. The Morgan fingerprint density at radius 2 is 1.92 bits per heavy atom. The second kappa shape index (κ2) is 8.09. The Hall–Kier alpha value is -1.44. The van der Waals surface area contributed by atoms with Crippen LogP contribution < -0.4 is 10.0 Å². The average molecular weight is 353 g/mol. The summed E-state index contributed by atoms with van der Waals surface area (Å²) in [5, 5.41) is 3.18. The Balaban J connectivity index is 2.12. The molecule has 7 heteroatoms. The standard InChI is InChI=1S/C17H27N3O3S/c1-4-18-13(2)12-19-24(22,23)17-6-5-15-7-9-20(14(3)21)10-8-16(15)11-17/h5-6,11,13,18-19H,4,7-10,12H2,1-3H3/t13-/m1/s1. The van der Waals surface area contributed by atoms with Gasteiger partial charge in [-0.1, -0.05) is 13.0 Å². The van der Waals surface area contributed by atoms with Crippen LogP contribution in [0.4, 0.5) is 0 Å². The van der Waals surface area contributed by atoms with E-state index in [1.807, 2.05) is 24.8 Å². The molecule has 0 aliphatic carbocycles. The Bertz CT molecular complexity index is 688. The number of carbonyl (C=O) groups excluding carboxylic acids is 1. The Labute approximate surface area is 144 Å². The highest BCUT2D eigenvalue weighted by Crippen LogP contribution is 2.20. The molecule has 1 aliphatic rings. The van der Waals surface area contributed by atoms with Crippen LogP contribution in [0.5, 0.6) is 0 Å². The van der Waals surface area contributed by atoms with Crippen LogP contribution in [0.25, 0.3) is 0 Å². The van der Waals surface area contributed by atoms with E-state index in [4.69, 9.17) is 0 Å². The van der Waals surface area contributed by atoms with Gasteiger partial charge in [0.2, 0.25) is 15.9 Å². The number of carbonyl (C=O) groups is 1. The van der Waals surface area contributed by atoms with Crippen molar-refractivity contribution in [3.63, 3.8) is 0 Å². The molecule has 1 aliphatic heterocycles. The second-order valence-electron chi connectivity index (χ2n) is 6.25. The lowest BCUT2D eigenvalue weighted by molar-refractivity contribution is -0.128. The summed E-state index contributed by atoms with van der Waals surface area (Å²) in [6.07, 6.45) is 1.45. The van der Waals surface area contributed by atoms with Gasteiger partial charge in [-0.15, -0.1) is 0 Å². The molecule has 0 aromatic heterocycles. The predicted octanol–water partition coefficient (Wildman–Crippen LogP) is 0.910. The summed E-state index contributed by atoms with van der Waals surface area (Å²) < 4.78 is 27.6. The van der Waals surface area contributed by atoms with E-state index < -0.39 is 10.0 Å². The van der Waals surface area contributed by atoms with Crippen molar-refractivity contribution >= 4 is 15.9 Å². The van der Waals surface area contributed by atoms with E-state index >= 15 is 0 Å². The fraction of sp³-hybridized carbons (Fsp3) is 0.588. The first-order valence-corrected chi connectivity index (χ1v) is 9.92. The van der Waals surface area contributed by atoms with Gasteiger partial charge in [-0.05, 0) is 49.6 Å². The molecule has 0 saturated carbocycles. The van der Waals surface area contributed by atoms with Crippen molar-refractivity contribution in [3.8, 4) is 0 Å². The first kappa shape index (κ1) is 18.9. The van der Waals surface area contributed by atoms with E-state index in [-0.39, 0.29) is 11.9 Å². The number of hydrogen-bond donors (Lipinski definition) is 2. The highest BCUT2D eigenvalue weighted by atomic mass is 32.2. The molecule has 2 rings (SSSR count). The highest BCUT2D eigenvalue weighted by molar-refractivity contribution is 7.89. The van der Waals surface area contributed by atoms with Gasteiger partial charge >= 0.3 is 0 Å². The van der Waals surface area contributed by atoms with Gasteiger partial charge in [-0.3, -0.25) is 4.79 Å². The third-order valence-corrected chi connectivity index (χ3v) is 5.79. The number of fused-ring (bicyclic) bond motifs is 1. The minimum absolute atomic E-state index is 0.0646. The molecule has 0 spiro atoms. The number of sulfonamides is 1.